The smallest absolute Gasteiger partial charge is 0.341 e. The lowest BCUT2D eigenvalue weighted by Crippen LogP contribution is -2.20. The summed E-state index contributed by atoms with van der Waals surface area (Å²) in [6, 6.07) is 9.20. The first-order chi connectivity index (χ1) is 11.4. The number of nitrogens with zero attached hydrogens (tertiary/aromatic N) is 1. The molecule has 3 N–H and O–H groups in total. The van der Waals surface area contributed by atoms with Crippen molar-refractivity contribution in [3.8, 4) is 11.3 Å². The van der Waals surface area contributed by atoms with Crippen molar-refractivity contribution >= 4 is 11.7 Å². The molecule has 1 aromatic heterocycles. The number of aromatic nitrogens is 1. The van der Waals surface area contributed by atoms with Gasteiger partial charge in [0.05, 0.1) is 5.69 Å². The molecule has 0 bridgehead atoms. The summed E-state index contributed by atoms with van der Waals surface area (Å²) in [4.78, 5) is 27.8. The Hall–Kier alpha value is -2.60. The predicted octanol–water partition coefficient (Wildman–Crippen LogP) is 2.28. The molecule has 0 saturated carbocycles. The van der Waals surface area contributed by atoms with Crippen LogP contribution in [0.15, 0.2) is 35.1 Å². The summed E-state index contributed by atoms with van der Waals surface area (Å²) < 4.78 is 0. The zero-order valence-electron chi connectivity index (χ0n) is 14.2. The number of hydrogen-bond acceptors (Lipinski definition) is 4. The molecule has 0 aliphatic heterocycles. The van der Waals surface area contributed by atoms with Crippen LogP contribution in [0.5, 0.6) is 0 Å². The van der Waals surface area contributed by atoms with Crippen molar-refractivity contribution in [1.82, 2.24) is 9.88 Å². The van der Waals surface area contributed by atoms with Gasteiger partial charge in [0.1, 0.15) is 5.56 Å². The number of rotatable bonds is 7. The summed E-state index contributed by atoms with van der Waals surface area (Å²) in [5, 5.41) is 12.4. The highest BCUT2D eigenvalue weighted by atomic mass is 16.4. The van der Waals surface area contributed by atoms with E-state index in [1.807, 2.05) is 45.3 Å². The number of hydrogen-bond donors (Lipinski definition) is 3. The minimum Gasteiger partial charge on any atom is -0.477 e. The van der Waals surface area contributed by atoms with Gasteiger partial charge in [0.2, 0.25) is 0 Å². The minimum atomic E-state index is -1.21. The van der Waals surface area contributed by atoms with Crippen LogP contribution in [0.4, 0.5) is 5.69 Å². The van der Waals surface area contributed by atoms with E-state index in [-0.39, 0.29) is 5.56 Å². The number of benzene rings is 1. The molecule has 0 unspecified atom stereocenters. The second kappa shape index (κ2) is 7.79. The number of likely N-dealkylation sites (N-methyl/N-ethyl adjacent to an activating group) is 1. The Labute approximate surface area is 141 Å². The summed E-state index contributed by atoms with van der Waals surface area (Å²) in [5.74, 6) is -1.21. The lowest BCUT2D eigenvalue weighted by molar-refractivity contribution is 0.0695. The number of pyridine rings is 1. The lowest BCUT2D eigenvalue weighted by Gasteiger charge is -2.13. The molecule has 0 fully saturated rings. The fourth-order valence-corrected chi connectivity index (χ4v) is 2.45. The molecule has 0 radical (unpaired) electrons. The number of nitrogens with one attached hydrogen (secondary N) is 2. The Morgan fingerprint density at radius 1 is 1.25 bits per heavy atom. The van der Waals surface area contributed by atoms with E-state index < -0.39 is 11.5 Å². The Kier molecular flexibility index (Phi) is 5.76. The second-order valence-corrected chi connectivity index (χ2v) is 5.88. The monoisotopic (exact) mass is 329 g/mol. The van der Waals surface area contributed by atoms with Gasteiger partial charge in [0.25, 0.3) is 5.56 Å². The summed E-state index contributed by atoms with van der Waals surface area (Å²) in [6.45, 7) is 3.71. The highest BCUT2D eigenvalue weighted by Gasteiger charge is 2.14. The first kappa shape index (κ1) is 17.7. The van der Waals surface area contributed by atoms with Crippen LogP contribution in [0.2, 0.25) is 0 Å². The molecule has 0 saturated heterocycles. The fraction of sp³-hybridized carbons (Fsp3) is 0.333. The van der Waals surface area contributed by atoms with Gasteiger partial charge in [-0.2, -0.15) is 0 Å². The Balaban J connectivity index is 2.27. The summed E-state index contributed by atoms with van der Waals surface area (Å²) in [5.41, 5.74) is 2.54. The van der Waals surface area contributed by atoms with Crippen molar-refractivity contribution < 1.29 is 9.90 Å². The van der Waals surface area contributed by atoms with Crippen molar-refractivity contribution in [1.29, 1.82) is 0 Å². The number of H-pyrrole nitrogens is 1. The molecule has 6 nitrogen and oxygen atoms in total. The van der Waals surface area contributed by atoms with Crippen LogP contribution in [0.25, 0.3) is 11.3 Å². The van der Waals surface area contributed by atoms with Gasteiger partial charge in [0.15, 0.2) is 0 Å². The number of carboxylic acid groups (broad SMARTS) is 1. The molecule has 2 rings (SSSR count). The third kappa shape index (κ3) is 4.23. The van der Waals surface area contributed by atoms with Crippen molar-refractivity contribution in [2.24, 2.45) is 0 Å². The largest absolute Gasteiger partial charge is 0.477 e. The van der Waals surface area contributed by atoms with Crippen LogP contribution in [-0.4, -0.2) is 48.1 Å². The van der Waals surface area contributed by atoms with E-state index >= 15 is 0 Å². The zero-order valence-corrected chi connectivity index (χ0v) is 14.2. The Bertz CT molecular complexity index is 764. The Morgan fingerprint density at radius 2 is 1.92 bits per heavy atom. The SMILES string of the molecule is CCc1cc(C(=O)O)c(=O)[nH]c1-c1ccc(NCCN(C)C)cc1. The van der Waals surface area contributed by atoms with E-state index in [0.717, 1.165) is 29.9 Å². The topological polar surface area (TPSA) is 85.4 Å². The van der Waals surface area contributed by atoms with Crippen LogP contribution < -0.4 is 10.9 Å². The molecule has 0 aliphatic carbocycles. The van der Waals surface area contributed by atoms with Gasteiger partial charge in [-0.25, -0.2) is 4.79 Å². The van der Waals surface area contributed by atoms with E-state index in [9.17, 15) is 9.59 Å². The molecule has 2 aromatic rings. The van der Waals surface area contributed by atoms with Crippen molar-refractivity contribution in [2.45, 2.75) is 13.3 Å². The zero-order chi connectivity index (χ0) is 17.7. The molecule has 24 heavy (non-hydrogen) atoms. The van der Waals surface area contributed by atoms with Crippen molar-refractivity contribution in [2.75, 3.05) is 32.5 Å². The molecular weight excluding hydrogens is 306 g/mol. The van der Waals surface area contributed by atoms with Crippen molar-refractivity contribution in [3.05, 3.63) is 51.8 Å². The average Bonchev–Trinajstić information content (AvgIpc) is 2.54. The first-order valence-electron chi connectivity index (χ1n) is 7.91. The minimum absolute atomic E-state index is 0.224. The molecular formula is C18H23N3O3. The van der Waals surface area contributed by atoms with E-state index in [0.29, 0.717) is 12.1 Å². The van der Waals surface area contributed by atoms with Crippen LogP contribution in [0.1, 0.15) is 22.8 Å². The van der Waals surface area contributed by atoms with Crippen LogP contribution >= 0.6 is 0 Å². The molecule has 6 heteroatoms. The van der Waals surface area contributed by atoms with Crippen molar-refractivity contribution in [3.63, 3.8) is 0 Å². The molecule has 0 atom stereocenters. The van der Waals surface area contributed by atoms with Crippen LogP contribution in [0.3, 0.4) is 0 Å². The quantitative estimate of drug-likeness (QED) is 0.725. The van der Waals surface area contributed by atoms with Crippen LogP contribution in [0, 0.1) is 0 Å². The van der Waals surface area contributed by atoms with Gasteiger partial charge in [-0.15, -0.1) is 0 Å². The number of aromatic amines is 1. The molecule has 1 heterocycles. The Morgan fingerprint density at radius 3 is 2.46 bits per heavy atom. The molecule has 0 aliphatic rings. The van der Waals surface area contributed by atoms with Gasteiger partial charge in [-0.1, -0.05) is 19.1 Å². The van der Waals surface area contributed by atoms with E-state index in [1.165, 1.54) is 6.07 Å². The maximum absolute atomic E-state index is 11.9. The van der Waals surface area contributed by atoms with E-state index in [4.69, 9.17) is 5.11 Å². The number of aromatic carboxylic acids is 1. The fourth-order valence-electron chi connectivity index (χ4n) is 2.45. The number of carbonyl (C=O) groups is 1. The molecule has 0 spiro atoms. The number of carboxylic acids is 1. The normalized spacial score (nSPS) is 10.8. The predicted molar refractivity (Wildman–Crippen MR) is 95.9 cm³/mol. The highest BCUT2D eigenvalue weighted by molar-refractivity contribution is 5.88. The van der Waals surface area contributed by atoms with Crippen LogP contribution in [-0.2, 0) is 6.42 Å². The first-order valence-corrected chi connectivity index (χ1v) is 7.91. The number of aryl methyl sites for hydroxylation is 1. The molecule has 128 valence electrons. The lowest BCUT2D eigenvalue weighted by atomic mass is 10.0. The van der Waals surface area contributed by atoms with Gasteiger partial charge in [0, 0.05) is 18.8 Å². The maximum atomic E-state index is 11.9. The summed E-state index contributed by atoms with van der Waals surface area (Å²) >= 11 is 0. The maximum Gasteiger partial charge on any atom is 0.341 e. The third-order valence-electron chi connectivity index (χ3n) is 3.80. The average molecular weight is 329 g/mol. The summed E-state index contributed by atoms with van der Waals surface area (Å²) in [7, 11) is 4.04. The summed E-state index contributed by atoms with van der Waals surface area (Å²) in [6.07, 6.45) is 0.634. The van der Waals surface area contributed by atoms with E-state index in [2.05, 4.69) is 15.2 Å². The van der Waals surface area contributed by atoms with Gasteiger partial charge < -0.3 is 20.3 Å². The number of anilines is 1. The third-order valence-corrected chi connectivity index (χ3v) is 3.80. The molecule has 0 amide bonds. The van der Waals surface area contributed by atoms with Gasteiger partial charge >= 0.3 is 5.97 Å². The standard InChI is InChI=1S/C18H23N3O3/c1-4-12-11-15(18(23)24)17(22)20-16(12)13-5-7-14(8-6-13)19-9-10-21(2)3/h5-8,11,19H,4,9-10H2,1-3H3,(H,20,22)(H,23,24). The highest BCUT2D eigenvalue weighted by Crippen LogP contribution is 2.23. The van der Waals surface area contributed by atoms with Gasteiger partial charge in [-0.3, -0.25) is 4.79 Å². The molecule has 1 aromatic carbocycles. The van der Waals surface area contributed by atoms with E-state index in [1.54, 1.807) is 0 Å². The van der Waals surface area contributed by atoms with Gasteiger partial charge in [-0.05, 0) is 49.8 Å². The second-order valence-electron chi connectivity index (χ2n) is 5.88.